The molecule has 0 amide bonds. The second kappa shape index (κ2) is 3.22. The van der Waals surface area contributed by atoms with Gasteiger partial charge in [0.15, 0.2) is 0 Å². The van der Waals surface area contributed by atoms with Crippen LogP contribution in [0.15, 0.2) is 0 Å². The Morgan fingerprint density at radius 3 is 2.55 bits per heavy atom. The van der Waals surface area contributed by atoms with E-state index in [0.717, 1.165) is 6.42 Å². The van der Waals surface area contributed by atoms with Gasteiger partial charge in [-0.25, -0.2) is 0 Å². The van der Waals surface area contributed by atoms with E-state index in [0.29, 0.717) is 5.92 Å². The zero-order valence-electron chi connectivity index (χ0n) is 6.79. The maximum atomic E-state index is 10.5. The van der Waals surface area contributed by atoms with Gasteiger partial charge in [0.25, 0.3) is 0 Å². The van der Waals surface area contributed by atoms with E-state index in [1.54, 1.807) is 0 Å². The highest BCUT2D eigenvalue weighted by atomic mass is 16.4. The van der Waals surface area contributed by atoms with Gasteiger partial charge in [-0.3, -0.25) is 4.79 Å². The molecule has 0 radical (unpaired) electrons. The first kappa shape index (κ1) is 8.53. The van der Waals surface area contributed by atoms with Gasteiger partial charge in [0.05, 0.1) is 0 Å². The zero-order chi connectivity index (χ0) is 8.43. The number of carboxylic acids is 1. The first-order valence-corrected chi connectivity index (χ1v) is 4.15. The van der Waals surface area contributed by atoms with Gasteiger partial charge in [-0.2, -0.15) is 0 Å². The lowest BCUT2D eigenvalue weighted by atomic mass is 9.93. The number of aliphatic carboxylic acids is 1. The Labute approximate surface area is 66.6 Å². The zero-order valence-corrected chi connectivity index (χ0v) is 6.79. The Morgan fingerprint density at radius 2 is 2.27 bits per heavy atom. The van der Waals surface area contributed by atoms with Crippen molar-refractivity contribution in [1.82, 2.24) is 0 Å². The molecule has 1 rings (SSSR count). The standard InChI is InChI=1S/C8H15NO2/c1-2-6(5-3-4-5)7(9)8(10)11/h5-7H,2-4,9H2,1H3,(H,10,11). The minimum atomic E-state index is -0.858. The second-order valence-electron chi connectivity index (χ2n) is 3.27. The third kappa shape index (κ3) is 1.93. The molecule has 2 unspecified atom stereocenters. The summed E-state index contributed by atoms with van der Waals surface area (Å²) in [4.78, 5) is 10.5. The minimum Gasteiger partial charge on any atom is -0.480 e. The number of nitrogens with two attached hydrogens (primary N) is 1. The number of carbonyl (C=O) groups is 1. The molecule has 1 aliphatic rings. The maximum absolute atomic E-state index is 10.5. The van der Waals surface area contributed by atoms with Gasteiger partial charge in [-0.05, 0) is 24.7 Å². The number of carboxylic acid groups (broad SMARTS) is 1. The summed E-state index contributed by atoms with van der Waals surface area (Å²) >= 11 is 0. The van der Waals surface area contributed by atoms with Gasteiger partial charge in [0.2, 0.25) is 0 Å². The third-order valence-corrected chi connectivity index (χ3v) is 2.45. The van der Waals surface area contributed by atoms with Gasteiger partial charge in [-0.15, -0.1) is 0 Å². The second-order valence-corrected chi connectivity index (χ2v) is 3.27. The van der Waals surface area contributed by atoms with Crippen molar-refractivity contribution in [2.75, 3.05) is 0 Å². The van der Waals surface area contributed by atoms with Crippen LogP contribution in [0.3, 0.4) is 0 Å². The Balaban J connectivity index is 2.45. The van der Waals surface area contributed by atoms with Crippen molar-refractivity contribution in [2.24, 2.45) is 17.6 Å². The van der Waals surface area contributed by atoms with Crippen molar-refractivity contribution in [1.29, 1.82) is 0 Å². The molecular formula is C8H15NO2. The molecule has 0 aromatic heterocycles. The van der Waals surface area contributed by atoms with Crippen LogP contribution in [0.25, 0.3) is 0 Å². The summed E-state index contributed by atoms with van der Waals surface area (Å²) in [5.74, 6) is -0.0673. The monoisotopic (exact) mass is 157 g/mol. The van der Waals surface area contributed by atoms with Crippen LogP contribution >= 0.6 is 0 Å². The van der Waals surface area contributed by atoms with Crippen LogP contribution in [0.4, 0.5) is 0 Å². The van der Waals surface area contributed by atoms with Crippen LogP contribution in [-0.4, -0.2) is 17.1 Å². The molecule has 0 spiro atoms. The predicted octanol–water partition coefficient (Wildman–Crippen LogP) is 0.834. The summed E-state index contributed by atoms with van der Waals surface area (Å²) in [7, 11) is 0. The lowest BCUT2D eigenvalue weighted by Crippen LogP contribution is -2.38. The highest BCUT2D eigenvalue weighted by Crippen LogP contribution is 2.39. The maximum Gasteiger partial charge on any atom is 0.320 e. The Kier molecular flexibility index (Phi) is 2.49. The summed E-state index contributed by atoms with van der Waals surface area (Å²) in [6.45, 7) is 2.01. The SMILES string of the molecule is CCC(C1CC1)C(N)C(=O)O. The van der Waals surface area contributed by atoms with Crippen LogP contribution < -0.4 is 5.73 Å². The predicted molar refractivity (Wildman–Crippen MR) is 42.1 cm³/mol. The molecule has 3 heteroatoms. The van der Waals surface area contributed by atoms with E-state index in [9.17, 15) is 4.79 Å². The third-order valence-electron chi connectivity index (χ3n) is 2.45. The van der Waals surface area contributed by atoms with Gasteiger partial charge in [0, 0.05) is 0 Å². The van der Waals surface area contributed by atoms with E-state index in [1.807, 2.05) is 6.92 Å². The van der Waals surface area contributed by atoms with Gasteiger partial charge in [-0.1, -0.05) is 13.3 Å². The molecule has 0 bridgehead atoms. The van der Waals surface area contributed by atoms with Crippen molar-refractivity contribution in [3.63, 3.8) is 0 Å². The smallest absolute Gasteiger partial charge is 0.320 e. The van der Waals surface area contributed by atoms with Crippen LogP contribution in [-0.2, 0) is 4.79 Å². The quantitative estimate of drug-likeness (QED) is 0.635. The lowest BCUT2D eigenvalue weighted by molar-refractivity contribution is -0.140. The van der Waals surface area contributed by atoms with Gasteiger partial charge >= 0.3 is 5.97 Å². The molecule has 0 saturated heterocycles. The fourth-order valence-electron chi connectivity index (χ4n) is 1.59. The molecule has 64 valence electrons. The van der Waals surface area contributed by atoms with Crippen molar-refractivity contribution in [2.45, 2.75) is 32.2 Å². The first-order chi connectivity index (χ1) is 5.16. The summed E-state index contributed by atoms with van der Waals surface area (Å²) in [5, 5.41) is 8.64. The molecule has 0 aliphatic heterocycles. The molecule has 0 aromatic carbocycles. The summed E-state index contributed by atoms with van der Waals surface area (Å²) < 4.78 is 0. The molecule has 3 nitrogen and oxygen atoms in total. The average molecular weight is 157 g/mol. The van der Waals surface area contributed by atoms with E-state index < -0.39 is 12.0 Å². The van der Waals surface area contributed by atoms with Crippen LogP contribution in [0, 0.1) is 11.8 Å². The van der Waals surface area contributed by atoms with Gasteiger partial charge in [0.1, 0.15) is 6.04 Å². The van der Waals surface area contributed by atoms with E-state index in [4.69, 9.17) is 10.8 Å². The lowest BCUT2D eigenvalue weighted by Gasteiger charge is -2.17. The topological polar surface area (TPSA) is 63.3 Å². The fraction of sp³-hybridized carbons (Fsp3) is 0.875. The summed E-state index contributed by atoms with van der Waals surface area (Å²) in [6.07, 6.45) is 3.22. The van der Waals surface area contributed by atoms with Crippen LogP contribution in [0.5, 0.6) is 0 Å². The van der Waals surface area contributed by atoms with Gasteiger partial charge < -0.3 is 10.8 Å². The molecule has 1 saturated carbocycles. The average Bonchev–Trinajstić information content (AvgIpc) is 2.72. The summed E-state index contributed by atoms with van der Waals surface area (Å²) in [5.41, 5.74) is 5.51. The Hall–Kier alpha value is -0.570. The molecule has 1 aliphatic carbocycles. The largest absolute Gasteiger partial charge is 0.480 e. The molecule has 0 aromatic rings. The van der Waals surface area contributed by atoms with E-state index in [2.05, 4.69) is 0 Å². The number of rotatable bonds is 4. The van der Waals surface area contributed by atoms with E-state index in [-0.39, 0.29) is 5.92 Å². The highest BCUT2D eigenvalue weighted by Gasteiger charge is 2.36. The van der Waals surface area contributed by atoms with Crippen molar-refractivity contribution >= 4 is 5.97 Å². The van der Waals surface area contributed by atoms with Crippen molar-refractivity contribution in [3.8, 4) is 0 Å². The number of hydrogen-bond donors (Lipinski definition) is 2. The van der Waals surface area contributed by atoms with Crippen molar-refractivity contribution < 1.29 is 9.90 Å². The number of hydrogen-bond acceptors (Lipinski definition) is 2. The van der Waals surface area contributed by atoms with Crippen LogP contribution in [0.1, 0.15) is 26.2 Å². The van der Waals surface area contributed by atoms with Crippen molar-refractivity contribution in [3.05, 3.63) is 0 Å². The van der Waals surface area contributed by atoms with Crippen LogP contribution in [0.2, 0.25) is 0 Å². The Bertz CT molecular complexity index is 154. The summed E-state index contributed by atoms with van der Waals surface area (Å²) in [6, 6.07) is -0.646. The van der Waals surface area contributed by atoms with E-state index in [1.165, 1.54) is 12.8 Å². The molecule has 3 N–H and O–H groups in total. The molecular weight excluding hydrogens is 142 g/mol. The van der Waals surface area contributed by atoms with E-state index >= 15 is 0 Å². The molecule has 11 heavy (non-hydrogen) atoms. The molecule has 0 heterocycles. The highest BCUT2D eigenvalue weighted by molar-refractivity contribution is 5.73. The fourth-order valence-corrected chi connectivity index (χ4v) is 1.59. The first-order valence-electron chi connectivity index (χ1n) is 4.15. The molecule has 1 fully saturated rings. The molecule has 2 atom stereocenters. The normalized spacial score (nSPS) is 22.7. The minimum absolute atomic E-state index is 0.201. The Morgan fingerprint density at radius 1 is 1.73 bits per heavy atom.